The van der Waals surface area contributed by atoms with E-state index in [1.165, 1.54) is 56.8 Å². The average Bonchev–Trinajstić information content (AvgIpc) is 3.01. The summed E-state index contributed by atoms with van der Waals surface area (Å²) < 4.78 is 72.1. The van der Waals surface area contributed by atoms with Crippen LogP contribution in [-0.2, 0) is 15.8 Å². The van der Waals surface area contributed by atoms with Crippen molar-refractivity contribution in [1.29, 1.82) is 0 Å². The number of aromatic nitrogens is 1. The number of hydrogen-bond acceptors (Lipinski definition) is 8. The minimum Gasteiger partial charge on any atom is -0.493 e. The van der Waals surface area contributed by atoms with Gasteiger partial charge in [0, 0.05) is 35.9 Å². The number of carbonyl (C=O) groups is 1. The van der Waals surface area contributed by atoms with E-state index in [0.717, 1.165) is 44.3 Å². The van der Waals surface area contributed by atoms with Crippen molar-refractivity contribution in [3.05, 3.63) is 84.1 Å². The largest absolute Gasteiger partial charge is 0.493 e. The summed E-state index contributed by atoms with van der Waals surface area (Å²) in [6.45, 7) is 3.77. The maximum Gasteiger partial charge on any atom is 0.332 e. The van der Waals surface area contributed by atoms with Gasteiger partial charge in [0.1, 0.15) is 11.6 Å². The van der Waals surface area contributed by atoms with Crippen molar-refractivity contribution in [2.24, 2.45) is 0 Å². The van der Waals surface area contributed by atoms with Gasteiger partial charge in [-0.2, -0.15) is 0 Å². The van der Waals surface area contributed by atoms with Gasteiger partial charge < -0.3 is 24.4 Å². The molecule has 10 nitrogen and oxygen atoms in total. The Hall–Kier alpha value is -4.49. The number of likely N-dealkylation sites (tertiary alicyclic amines) is 1. The number of fused-ring (bicyclic) bond motifs is 1. The molecule has 0 aliphatic carbocycles. The molecule has 1 fully saturated rings. The first-order valence-electron chi connectivity index (χ1n) is 14.5. The maximum atomic E-state index is 15.1. The summed E-state index contributed by atoms with van der Waals surface area (Å²) in [6, 6.07) is 12.5. The van der Waals surface area contributed by atoms with Crippen LogP contribution in [0, 0.1) is 11.6 Å². The fourth-order valence-corrected chi connectivity index (χ4v) is 6.09. The number of amides is 2. The highest BCUT2D eigenvalue weighted by Crippen LogP contribution is 2.38. The molecule has 2 heterocycles. The van der Waals surface area contributed by atoms with E-state index in [1.54, 1.807) is 18.2 Å². The summed E-state index contributed by atoms with van der Waals surface area (Å²) in [5.41, 5.74) is 0.853. The molecule has 0 radical (unpaired) electrons. The predicted molar refractivity (Wildman–Crippen MR) is 166 cm³/mol. The number of pyridine rings is 1. The number of ether oxygens (including phenoxy) is 3. The first-order valence-corrected chi connectivity index (χ1v) is 16.2. The molecule has 1 aromatic heterocycles. The Balaban J connectivity index is 1.21. The Bertz CT molecular complexity index is 1750. The van der Waals surface area contributed by atoms with Crippen LogP contribution in [-0.4, -0.2) is 57.7 Å². The second-order valence-corrected chi connectivity index (χ2v) is 12.3. The lowest BCUT2D eigenvalue weighted by Crippen LogP contribution is -2.35. The second-order valence-electron chi connectivity index (χ2n) is 10.6. The molecule has 0 spiro atoms. The number of rotatable bonds is 12. The highest BCUT2D eigenvalue weighted by molar-refractivity contribution is 7.89. The summed E-state index contributed by atoms with van der Waals surface area (Å²) >= 11 is 0. The van der Waals surface area contributed by atoms with Crippen LogP contribution >= 0.6 is 0 Å². The molecule has 2 N–H and O–H groups in total. The van der Waals surface area contributed by atoms with Gasteiger partial charge in [0.15, 0.2) is 23.1 Å². The highest BCUT2D eigenvalue weighted by Gasteiger charge is 2.18. The van der Waals surface area contributed by atoms with E-state index in [9.17, 15) is 17.6 Å². The number of nitrogens with one attached hydrogen (secondary N) is 2. The SMILES string of the molecule is COc1cc2c(Oc3ccc(NC(=O)NS(=O)(=O)Cc4ccc(F)cc4)cc3F)ccnc2cc1OCCCN1CCCCC1. The van der Waals surface area contributed by atoms with Gasteiger partial charge in [-0.3, -0.25) is 4.98 Å². The number of nitrogens with zero attached hydrogens (tertiary/aromatic N) is 2. The lowest BCUT2D eigenvalue weighted by atomic mass is 10.1. The Morgan fingerprint density at radius 1 is 0.933 bits per heavy atom. The van der Waals surface area contributed by atoms with Gasteiger partial charge in [-0.1, -0.05) is 18.6 Å². The van der Waals surface area contributed by atoms with Gasteiger partial charge in [0.05, 0.1) is 25.0 Å². The third kappa shape index (κ3) is 8.79. The number of halogens is 2. The van der Waals surface area contributed by atoms with Crippen LogP contribution in [0.15, 0.2) is 66.9 Å². The number of sulfonamides is 1. The average molecular weight is 641 g/mol. The van der Waals surface area contributed by atoms with E-state index < -0.39 is 33.4 Å². The van der Waals surface area contributed by atoms with Crippen molar-refractivity contribution in [1.82, 2.24) is 14.6 Å². The molecule has 0 atom stereocenters. The molecular formula is C32H34F2N4O6S. The fraction of sp³-hybridized carbons (Fsp3) is 0.312. The van der Waals surface area contributed by atoms with Crippen LogP contribution in [0.5, 0.6) is 23.0 Å². The smallest absolute Gasteiger partial charge is 0.332 e. The summed E-state index contributed by atoms with van der Waals surface area (Å²) in [5, 5.41) is 2.86. The van der Waals surface area contributed by atoms with Crippen LogP contribution in [0.2, 0.25) is 0 Å². The van der Waals surface area contributed by atoms with E-state index in [4.69, 9.17) is 14.2 Å². The first-order chi connectivity index (χ1) is 21.7. The normalized spacial score (nSPS) is 13.8. The minimum atomic E-state index is -4.10. The monoisotopic (exact) mass is 640 g/mol. The lowest BCUT2D eigenvalue weighted by molar-refractivity contribution is 0.203. The van der Waals surface area contributed by atoms with Gasteiger partial charge in [-0.05, 0) is 74.3 Å². The maximum absolute atomic E-state index is 15.1. The number of benzene rings is 3. The summed E-state index contributed by atoms with van der Waals surface area (Å²) in [4.78, 5) is 19.2. The van der Waals surface area contributed by atoms with E-state index in [0.29, 0.717) is 34.8 Å². The van der Waals surface area contributed by atoms with Gasteiger partial charge in [0.25, 0.3) is 0 Å². The standard InChI is InChI=1S/C32H34F2N4O6S/c1-42-30-19-25-27(20-31(30)43-17-5-16-38-14-3-2-4-15-38)35-13-12-28(25)44-29-11-10-24(18-26(29)34)36-32(39)37-45(40,41)21-22-6-8-23(33)9-7-22/h6-13,18-20H,2-5,14-17,21H2,1H3,(H2,36,37,39). The minimum absolute atomic E-state index is 0.00216. The van der Waals surface area contributed by atoms with E-state index in [-0.39, 0.29) is 17.0 Å². The van der Waals surface area contributed by atoms with E-state index in [2.05, 4.69) is 15.2 Å². The van der Waals surface area contributed by atoms with Crippen LogP contribution in [0.25, 0.3) is 10.9 Å². The topological polar surface area (TPSA) is 119 Å². The number of anilines is 1. The molecule has 45 heavy (non-hydrogen) atoms. The molecule has 0 bridgehead atoms. The Morgan fingerprint density at radius 2 is 1.71 bits per heavy atom. The summed E-state index contributed by atoms with van der Waals surface area (Å²) in [6.07, 6.45) is 6.20. The van der Waals surface area contributed by atoms with Gasteiger partial charge >= 0.3 is 6.03 Å². The molecule has 2 amide bonds. The molecule has 1 saturated heterocycles. The molecule has 0 saturated carbocycles. The molecule has 1 aliphatic heterocycles. The molecule has 238 valence electrons. The van der Waals surface area contributed by atoms with E-state index in [1.807, 2.05) is 4.72 Å². The predicted octanol–water partition coefficient (Wildman–Crippen LogP) is 6.22. The quantitative estimate of drug-likeness (QED) is 0.175. The van der Waals surface area contributed by atoms with Crippen LogP contribution < -0.4 is 24.2 Å². The molecule has 0 unspecified atom stereocenters. The van der Waals surface area contributed by atoms with Crippen molar-refractivity contribution < 1.29 is 36.2 Å². The highest BCUT2D eigenvalue weighted by atomic mass is 32.2. The number of piperidine rings is 1. The van der Waals surface area contributed by atoms with Crippen molar-refractivity contribution in [2.45, 2.75) is 31.4 Å². The number of urea groups is 1. The van der Waals surface area contributed by atoms with Crippen molar-refractivity contribution in [2.75, 3.05) is 38.7 Å². The van der Waals surface area contributed by atoms with Gasteiger partial charge in [-0.15, -0.1) is 0 Å². The van der Waals surface area contributed by atoms with Crippen molar-refractivity contribution in [3.8, 4) is 23.0 Å². The molecule has 1 aliphatic rings. The molecule has 13 heteroatoms. The van der Waals surface area contributed by atoms with Crippen molar-refractivity contribution in [3.63, 3.8) is 0 Å². The molecule has 5 rings (SSSR count). The number of methoxy groups -OCH3 is 1. The Labute approximate surface area is 260 Å². The van der Waals surface area contributed by atoms with Gasteiger partial charge in [0.2, 0.25) is 10.0 Å². The van der Waals surface area contributed by atoms with Gasteiger partial charge in [-0.25, -0.2) is 26.7 Å². The zero-order valence-corrected chi connectivity index (χ0v) is 25.5. The second kappa shape index (κ2) is 14.5. The summed E-state index contributed by atoms with van der Waals surface area (Å²) in [5.74, 6) is -0.632. The zero-order chi connectivity index (χ0) is 31.8. The number of hydrogen-bond donors (Lipinski definition) is 2. The first kappa shape index (κ1) is 31.9. The van der Waals surface area contributed by atoms with Crippen LogP contribution in [0.4, 0.5) is 19.3 Å². The molecule has 4 aromatic rings. The van der Waals surface area contributed by atoms with Crippen LogP contribution in [0.3, 0.4) is 0 Å². The fourth-order valence-electron chi connectivity index (χ4n) is 5.06. The van der Waals surface area contributed by atoms with E-state index >= 15 is 4.39 Å². The van der Waals surface area contributed by atoms with Crippen molar-refractivity contribution >= 4 is 32.6 Å². The zero-order valence-electron chi connectivity index (χ0n) is 24.7. The molecular weight excluding hydrogens is 606 g/mol. The number of carbonyl (C=O) groups excluding carboxylic acids is 1. The van der Waals surface area contributed by atoms with Crippen LogP contribution in [0.1, 0.15) is 31.2 Å². The lowest BCUT2D eigenvalue weighted by Gasteiger charge is -2.26. The Kier molecular flexibility index (Phi) is 10.3. The third-order valence-electron chi connectivity index (χ3n) is 7.24. The molecule has 3 aromatic carbocycles. The summed E-state index contributed by atoms with van der Waals surface area (Å²) in [7, 11) is -2.56. The third-order valence-corrected chi connectivity index (χ3v) is 8.45. The Morgan fingerprint density at radius 3 is 2.44 bits per heavy atom.